The number of carbonyl (C=O) groups excluding carboxylic acids is 2. The highest BCUT2D eigenvalue weighted by Gasteiger charge is 2.31. The highest BCUT2D eigenvalue weighted by atomic mass is 35.5. The first-order valence-electron chi connectivity index (χ1n) is 6.73. The molecule has 1 saturated heterocycles. The fourth-order valence-electron chi connectivity index (χ4n) is 2.20. The Morgan fingerprint density at radius 1 is 1.40 bits per heavy atom. The Morgan fingerprint density at radius 2 is 2.00 bits per heavy atom. The molecule has 1 aliphatic heterocycles. The van der Waals surface area contributed by atoms with E-state index in [2.05, 4.69) is 5.32 Å². The third-order valence-corrected chi connectivity index (χ3v) is 3.64. The predicted molar refractivity (Wildman–Crippen MR) is 77.5 cm³/mol. The summed E-state index contributed by atoms with van der Waals surface area (Å²) < 4.78 is 10.1. The Bertz CT molecular complexity index is 309. The highest BCUT2D eigenvalue weighted by molar-refractivity contribution is 5.85. The molecular formula is C13H25ClN2O4. The van der Waals surface area contributed by atoms with Crippen LogP contribution in [0.5, 0.6) is 0 Å². The first-order valence-corrected chi connectivity index (χ1v) is 6.73. The molecule has 0 aromatic rings. The number of nitrogens with one attached hydrogen (secondary N) is 1. The number of amides is 1. The maximum Gasteiger partial charge on any atom is 0.310 e. The van der Waals surface area contributed by atoms with Crippen LogP contribution in [0.25, 0.3) is 0 Å². The molecule has 0 aromatic heterocycles. The van der Waals surface area contributed by atoms with Crippen LogP contribution in [-0.4, -0.2) is 45.3 Å². The fraction of sp³-hybridized carbons (Fsp3) is 0.846. The number of esters is 1. The zero-order valence-corrected chi connectivity index (χ0v) is 12.9. The van der Waals surface area contributed by atoms with Crippen molar-refractivity contribution >= 4 is 24.3 Å². The van der Waals surface area contributed by atoms with E-state index in [1.165, 1.54) is 7.11 Å². The van der Waals surface area contributed by atoms with Crippen molar-refractivity contribution in [3.63, 3.8) is 0 Å². The number of rotatable bonds is 6. The van der Waals surface area contributed by atoms with Crippen LogP contribution in [0.2, 0.25) is 0 Å². The molecular weight excluding hydrogens is 284 g/mol. The lowest BCUT2D eigenvalue weighted by Crippen LogP contribution is -2.42. The lowest BCUT2D eigenvalue weighted by atomic mass is 9.86. The summed E-state index contributed by atoms with van der Waals surface area (Å²) in [5.74, 6) is -0.735. The lowest BCUT2D eigenvalue weighted by Gasteiger charge is -2.28. The molecule has 1 amide bonds. The van der Waals surface area contributed by atoms with Crippen LogP contribution in [0.15, 0.2) is 0 Å². The minimum absolute atomic E-state index is 0. The number of halogens is 1. The van der Waals surface area contributed by atoms with Crippen molar-refractivity contribution in [2.24, 2.45) is 23.5 Å². The van der Waals surface area contributed by atoms with E-state index in [1.807, 2.05) is 0 Å². The number of methoxy groups -OCH3 is 1. The highest BCUT2D eigenvalue weighted by Crippen LogP contribution is 2.24. The minimum atomic E-state index is -0.303. The molecule has 1 rings (SSSR count). The van der Waals surface area contributed by atoms with E-state index < -0.39 is 0 Å². The quantitative estimate of drug-likeness (QED) is 0.690. The third kappa shape index (κ3) is 5.64. The zero-order chi connectivity index (χ0) is 14.3. The van der Waals surface area contributed by atoms with Gasteiger partial charge in [0.1, 0.15) is 0 Å². The van der Waals surface area contributed by atoms with Gasteiger partial charge >= 0.3 is 5.97 Å². The van der Waals surface area contributed by atoms with Gasteiger partial charge in [0, 0.05) is 32.2 Å². The number of nitrogens with two attached hydrogens (primary N) is 1. The molecule has 1 heterocycles. The van der Waals surface area contributed by atoms with Gasteiger partial charge in [0.15, 0.2) is 0 Å². The molecule has 20 heavy (non-hydrogen) atoms. The molecule has 0 aromatic carbocycles. The summed E-state index contributed by atoms with van der Waals surface area (Å²) in [6.45, 7) is 3.68. The number of carbonyl (C=O) groups is 2. The molecule has 2 unspecified atom stereocenters. The predicted octanol–water partition coefficient (Wildman–Crippen LogP) is 0.335. The van der Waals surface area contributed by atoms with Gasteiger partial charge in [-0.25, -0.2) is 0 Å². The zero-order valence-electron chi connectivity index (χ0n) is 12.1. The SMILES string of the molecule is COC(=O)C(CNC(=O)C(C)CN)C1CCOCC1.Cl. The van der Waals surface area contributed by atoms with E-state index in [0.29, 0.717) is 26.3 Å². The van der Waals surface area contributed by atoms with E-state index in [1.54, 1.807) is 6.92 Å². The van der Waals surface area contributed by atoms with E-state index >= 15 is 0 Å². The van der Waals surface area contributed by atoms with Crippen molar-refractivity contribution in [2.75, 3.05) is 33.4 Å². The van der Waals surface area contributed by atoms with Crippen LogP contribution in [0, 0.1) is 17.8 Å². The molecule has 3 N–H and O–H groups in total. The Kier molecular flexibility index (Phi) is 9.54. The Labute approximate surface area is 126 Å². The lowest BCUT2D eigenvalue weighted by molar-refractivity contribution is -0.148. The van der Waals surface area contributed by atoms with E-state index in [9.17, 15) is 9.59 Å². The monoisotopic (exact) mass is 308 g/mol. The largest absolute Gasteiger partial charge is 0.469 e. The van der Waals surface area contributed by atoms with Crippen LogP contribution < -0.4 is 11.1 Å². The van der Waals surface area contributed by atoms with Crippen molar-refractivity contribution in [3.8, 4) is 0 Å². The van der Waals surface area contributed by atoms with Crippen LogP contribution in [0.3, 0.4) is 0 Å². The topological polar surface area (TPSA) is 90.7 Å². The summed E-state index contributed by atoms with van der Waals surface area (Å²) in [7, 11) is 1.37. The second-order valence-electron chi connectivity index (χ2n) is 4.96. The molecule has 1 fully saturated rings. The van der Waals surface area contributed by atoms with Gasteiger partial charge in [0.25, 0.3) is 0 Å². The summed E-state index contributed by atoms with van der Waals surface area (Å²) in [5.41, 5.74) is 5.44. The van der Waals surface area contributed by atoms with E-state index in [0.717, 1.165) is 12.8 Å². The summed E-state index contributed by atoms with van der Waals surface area (Å²) >= 11 is 0. The van der Waals surface area contributed by atoms with Crippen LogP contribution in [-0.2, 0) is 19.1 Å². The second-order valence-corrected chi connectivity index (χ2v) is 4.96. The average Bonchev–Trinajstić information content (AvgIpc) is 2.47. The molecule has 0 saturated carbocycles. The molecule has 1 aliphatic rings. The van der Waals surface area contributed by atoms with Crippen LogP contribution in [0.1, 0.15) is 19.8 Å². The van der Waals surface area contributed by atoms with Crippen molar-refractivity contribution in [1.82, 2.24) is 5.32 Å². The molecule has 0 spiro atoms. The first-order chi connectivity index (χ1) is 9.10. The first kappa shape index (κ1) is 19.1. The second kappa shape index (κ2) is 9.96. The molecule has 0 bridgehead atoms. The standard InChI is InChI=1S/C13H24N2O4.ClH/c1-9(7-14)12(16)15-8-11(13(17)18-2)10-3-5-19-6-4-10;/h9-11H,3-8,14H2,1-2H3,(H,15,16);1H. The Morgan fingerprint density at radius 3 is 2.50 bits per heavy atom. The summed E-state index contributed by atoms with van der Waals surface area (Å²) in [6, 6.07) is 0. The van der Waals surface area contributed by atoms with Gasteiger partial charge < -0.3 is 20.5 Å². The van der Waals surface area contributed by atoms with Gasteiger partial charge in [-0.2, -0.15) is 0 Å². The van der Waals surface area contributed by atoms with Crippen molar-refractivity contribution < 1.29 is 19.1 Å². The summed E-state index contributed by atoms with van der Waals surface area (Å²) in [6.07, 6.45) is 1.64. The van der Waals surface area contributed by atoms with Crippen LogP contribution in [0.4, 0.5) is 0 Å². The summed E-state index contributed by atoms with van der Waals surface area (Å²) in [4.78, 5) is 23.5. The molecule has 6 nitrogen and oxygen atoms in total. The molecule has 0 radical (unpaired) electrons. The van der Waals surface area contributed by atoms with Crippen molar-refractivity contribution in [3.05, 3.63) is 0 Å². The van der Waals surface area contributed by atoms with Gasteiger partial charge in [-0.3, -0.25) is 9.59 Å². The Balaban J connectivity index is 0.00000361. The number of hydrogen-bond donors (Lipinski definition) is 2. The van der Waals surface area contributed by atoms with Gasteiger partial charge in [-0.05, 0) is 18.8 Å². The van der Waals surface area contributed by atoms with Gasteiger partial charge in [-0.15, -0.1) is 12.4 Å². The Hall–Kier alpha value is -0.850. The number of hydrogen-bond acceptors (Lipinski definition) is 5. The summed E-state index contributed by atoms with van der Waals surface area (Å²) in [5, 5.41) is 2.79. The average molecular weight is 309 g/mol. The van der Waals surface area contributed by atoms with Crippen LogP contribution >= 0.6 is 12.4 Å². The van der Waals surface area contributed by atoms with Crippen molar-refractivity contribution in [2.45, 2.75) is 19.8 Å². The minimum Gasteiger partial charge on any atom is -0.469 e. The third-order valence-electron chi connectivity index (χ3n) is 3.64. The van der Waals surface area contributed by atoms with E-state index in [4.69, 9.17) is 15.2 Å². The fourth-order valence-corrected chi connectivity index (χ4v) is 2.20. The maximum atomic E-state index is 11.8. The molecule has 0 aliphatic carbocycles. The van der Waals surface area contributed by atoms with Gasteiger partial charge in [0.2, 0.25) is 5.91 Å². The van der Waals surface area contributed by atoms with Crippen molar-refractivity contribution in [1.29, 1.82) is 0 Å². The molecule has 118 valence electrons. The smallest absolute Gasteiger partial charge is 0.310 e. The number of ether oxygens (including phenoxy) is 2. The van der Waals surface area contributed by atoms with Gasteiger partial charge in [0.05, 0.1) is 13.0 Å². The molecule has 7 heteroatoms. The van der Waals surface area contributed by atoms with E-state index in [-0.39, 0.29) is 42.0 Å². The molecule has 2 atom stereocenters. The maximum absolute atomic E-state index is 11.8. The van der Waals surface area contributed by atoms with Gasteiger partial charge in [-0.1, -0.05) is 6.92 Å². The normalized spacial score (nSPS) is 18.6.